The number of rotatable bonds is 18. The maximum Gasteiger partial charge on any atom is 0.241 e. The van der Waals surface area contributed by atoms with Crippen LogP contribution in [-0.4, -0.2) is 66.4 Å². The van der Waals surface area contributed by atoms with Crippen LogP contribution in [0.15, 0.2) is 36.4 Å². The number of Topliss-reactive ketones (excluding diaryl/α,β-unsaturated/α-hetero) is 1. The summed E-state index contributed by atoms with van der Waals surface area (Å²) >= 11 is 0. The molecule has 0 spiro atoms. The molecule has 43 heavy (non-hydrogen) atoms. The predicted octanol–water partition coefficient (Wildman–Crippen LogP) is 8.11. The van der Waals surface area contributed by atoms with Crippen molar-refractivity contribution in [3.05, 3.63) is 64.2 Å². The zero-order valence-electron chi connectivity index (χ0n) is 28.3. The number of nitrogens with zero attached hydrogens (tertiary/aromatic N) is 2. The molecule has 2 atom stereocenters. The van der Waals surface area contributed by atoms with Crippen LogP contribution >= 0.6 is 0 Å². The number of benzene rings is 2. The molecule has 1 N–H and O–H groups in total. The van der Waals surface area contributed by atoms with E-state index >= 15 is 0 Å². The van der Waals surface area contributed by atoms with Gasteiger partial charge >= 0.3 is 0 Å². The van der Waals surface area contributed by atoms with Crippen LogP contribution < -0.4 is 5.32 Å². The Morgan fingerprint density at radius 2 is 1.42 bits per heavy atom. The monoisotopic (exact) mass is 590 g/mol. The first-order chi connectivity index (χ1) is 20.7. The van der Waals surface area contributed by atoms with E-state index in [2.05, 4.69) is 82.1 Å². The Morgan fingerprint density at radius 3 is 2.05 bits per heavy atom. The Hall–Kier alpha value is -2.50. The molecule has 1 aliphatic rings. The molecule has 2 aromatic carbocycles. The summed E-state index contributed by atoms with van der Waals surface area (Å²) in [7, 11) is 0. The van der Waals surface area contributed by atoms with Gasteiger partial charge in [0.05, 0.1) is 25.7 Å². The molecule has 5 heteroatoms. The smallest absolute Gasteiger partial charge is 0.241 e. The number of piperidine rings is 1. The van der Waals surface area contributed by atoms with Crippen LogP contribution in [0.5, 0.6) is 0 Å². The molecule has 1 amide bonds. The van der Waals surface area contributed by atoms with E-state index in [0.717, 1.165) is 79.7 Å². The summed E-state index contributed by atoms with van der Waals surface area (Å²) in [5, 5.41) is 3.25. The summed E-state index contributed by atoms with van der Waals surface area (Å²) in [4.78, 5) is 28.9. The number of hydrogen-bond donors (Lipinski definition) is 1. The molecule has 1 saturated heterocycles. The molecule has 0 saturated carbocycles. The minimum absolute atomic E-state index is 0.0105. The highest BCUT2D eigenvalue weighted by molar-refractivity contribution is 5.96. The first kappa shape index (κ1) is 35.0. The maximum atomic E-state index is 13.3. The number of quaternary nitrogens is 1. The molecule has 3 rings (SSSR count). The number of para-hydroxylation sites is 1. The second kappa shape index (κ2) is 17.7. The third kappa shape index (κ3) is 10.6. The Labute approximate surface area is 263 Å². The van der Waals surface area contributed by atoms with Gasteiger partial charge in [-0.05, 0) is 114 Å². The van der Waals surface area contributed by atoms with Crippen LogP contribution in [-0.2, 0) is 16.0 Å². The van der Waals surface area contributed by atoms with Crippen molar-refractivity contribution in [2.24, 2.45) is 0 Å². The van der Waals surface area contributed by atoms with Crippen LogP contribution in [0.3, 0.4) is 0 Å². The first-order valence-electron chi connectivity index (χ1n) is 17.2. The largest absolute Gasteiger partial charge is 0.324 e. The minimum atomic E-state index is -0.0105. The van der Waals surface area contributed by atoms with Crippen molar-refractivity contribution in [2.45, 2.75) is 118 Å². The van der Waals surface area contributed by atoms with Gasteiger partial charge in [-0.15, -0.1) is 0 Å². The van der Waals surface area contributed by atoms with Gasteiger partial charge < -0.3 is 9.80 Å². The van der Waals surface area contributed by atoms with Gasteiger partial charge in [0.15, 0.2) is 5.78 Å². The van der Waals surface area contributed by atoms with Crippen molar-refractivity contribution in [1.82, 2.24) is 4.90 Å². The third-order valence-corrected chi connectivity index (χ3v) is 9.87. The van der Waals surface area contributed by atoms with Crippen molar-refractivity contribution >= 4 is 17.4 Å². The normalized spacial score (nSPS) is 17.0. The number of aryl methyl sites for hydroxylation is 4. The van der Waals surface area contributed by atoms with E-state index in [1.807, 2.05) is 6.07 Å². The van der Waals surface area contributed by atoms with Crippen LogP contribution in [0.1, 0.15) is 106 Å². The number of carbonyl (C=O) groups excluding carboxylic acids is 2. The van der Waals surface area contributed by atoms with Gasteiger partial charge in [0.1, 0.15) is 6.54 Å². The summed E-state index contributed by atoms with van der Waals surface area (Å²) in [6.45, 7) is 18.8. The number of nitrogens with one attached hydrogen (secondary N) is 1. The van der Waals surface area contributed by atoms with Gasteiger partial charge in [0.2, 0.25) is 5.91 Å². The summed E-state index contributed by atoms with van der Waals surface area (Å²) in [5.74, 6) is 0.542. The highest BCUT2D eigenvalue weighted by Crippen LogP contribution is 2.24. The summed E-state index contributed by atoms with van der Waals surface area (Å²) in [5.41, 5.74) is 6.92. The zero-order valence-corrected chi connectivity index (χ0v) is 28.3. The fourth-order valence-corrected chi connectivity index (χ4v) is 7.17. The van der Waals surface area contributed by atoms with Gasteiger partial charge in [-0.3, -0.25) is 14.5 Å². The van der Waals surface area contributed by atoms with E-state index in [0.29, 0.717) is 18.7 Å². The zero-order chi connectivity index (χ0) is 31.2. The highest BCUT2D eigenvalue weighted by atomic mass is 16.2. The number of anilines is 1. The molecule has 1 fully saturated rings. The second-order valence-electron chi connectivity index (χ2n) is 13.3. The average Bonchev–Trinajstić information content (AvgIpc) is 2.98. The number of amides is 1. The number of likely N-dealkylation sites (tertiary alicyclic amines) is 1. The van der Waals surface area contributed by atoms with Crippen molar-refractivity contribution < 1.29 is 14.1 Å². The van der Waals surface area contributed by atoms with Gasteiger partial charge in [-0.25, -0.2) is 0 Å². The summed E-state index contributed by atoms with van der Waals surface area (Å²) in [6.07, 6.45) is 12.3. The third-order valence-electron chi connectivity index (χ3n) is 9.87. The SMILES string of the molecule is CCC[N+](CC)(CCCCCCCCN1CCCC[C@@H]1C(=O)Nc1c(C)cccc1C)CC(=O)Cc1c(C)cccc1C. The second-order valence-corrected chi connectivity index (χ2v) is 13.3. The number of unbranched alkanes of at least 4 members (excludes halogenated alkanes) is 5. The highest BCUT2D eigenvalue weighted by Gasteiger charge is 2.29. The topological polar surface area (TPSA) is 49.4 Å². The van der Waals surface area contributed by atoms with Gasteiger partial charge in [-0.1, -0.05) is 69.0 Å². The lowest BCUT2D eigenvalue weighted by atomic mass is 9.97. The van der Waals surface area contributed by atoms with Gasteiger partial charge in [-0.2, -0.15) is 0 Å². The van der Waals surface area contributed by atoms with E-state index in [9.17, 15) is 9.59 Å². The molecule has 0 aromatic heterocycles. The van der Waals surface area contributed by atoms with Crippen molar-refractivity contribution in [3.63, 3.8) is 0 Å². The lowest BCUT2D eigenvalue weighted by Gasteiger charge is -2.37. The van der Waals surface area contributed by atoms with Crippen LogP contribution in [0, 0.1) is 27.7 Å². The Bertz CT molecular complexity index is 1140. The van der Waals surface area contributed by atoms with Crippen molar-refractivity contribution in [1.29, 1.82) is 0 Å². The van der Waals surface area contributed by atoms with Gasteiger partial charge in [0, 0.05) is 12.1 Å². The van der Waals surface area contributed by atoms with E-state index in [4.69, 9.17) is 0 Å². The number of ketones is 1. The molecule has 238 valence electrons. The average molecular weight is 591 g/mol. The quantitative estimate of drug-likeness (QED) is 0.141. The molecule has 1 aliphatic heterocycles. The minimum Gasteiger partial charge on any atom is -0.324 e. The molecule has 1 unspecified atom stereocenters. The van der Waals surface area contributed by atoms with E-state index in [1.54, 1.807) is 0 Å². The standard InChI is InChI=1S/C38H59N3O2/c1-7-26-41(8-2,29-34(42)28-35-30(3)19-17-20-31(35)4)27-16-12-10-9-11-14-24-40-25-15-13-23-36(40)38(43)39-37-32(5)21-18-22-33(37)6/h17-22,36H,7-16,23-29H2,1-6H3/p+1/t36-,41?/m1/s1. The lowest BCUT2D eigenvalue weighted by Crippen LogP contribution is -2.52. The molecule has 0 aliphatic carbocycles. The molecule has 1 heterocycles. The van der Waals surface area contributed by atoms with Crippen LogP contribution in [0.4, 0.5) is 5.69 Å². The number of carbonyl (C=O) groups is 2. The molecule has 2 aromatic rings. The maximum absolute atomic E-state index is 13.3. The number of likely N-dealkylation sites (N-methyl/N-ethyl adjacent to an activating group) is 1. The summed E-state index contributed by atoms with van der Waals surface area (Å²) in [6, 6.07) is 12.5. The molecule has 5 nitrogen and oxygen atoms in total. The van der Waals surface area contributed by atoms with Crippen LogP contribution in [0.25, 0.3) is 0 Å². The molecule has 0 radical (unpaired) electrons. The predicted molar refractivity (Wildman–Crippen MR) is 182 cm³/mol. The van der Waals surface area contributed by atoms with E-state index < -0.39 is 0 Å². The first-order valence-corrected chi connectivity index (χ1v) is 17.2. The fraction of sp³-hybridized carbons (Fsp3) is 0.632. The van der Waals surface area contributed by atoms with Crippen molar-refractivity contribution in [2.75, 3.05) is 44.6 Å². The Balaban J connectivity index is 1.39. The van der Waals surface area contributed by atoms with E-state index in [1.165, 1.54) is 55.2 Å². The van der Waals surface area contributed by atoms with Gasteiger partial charge in [0.25, 0.3) is 0 Å². The fourth-order valence-electron chi connectivity index (χ4n) is 7.17. The molecule has 0 bridgehead atoms. The molecular formula is C38H60N3O2+. The Kier molecular flexibility index (Phi) is 14.4. The van der Waals surface area contributed by atoms with Crippen molar-refractivity contribution in [3.8, 4) is 0 Å². The summed E-state index contributed by atoms with van der Waals surface area (Å²) < 4.78 is 0.931. The molecular weight excluding hydrogens is 530 g/mol. The lowest BCUT2D eigenvalue weighted by molar-refractivity contribution is -0.919. The number of hydrogen-bond acceptors (Lipinski definition) is 3. The van der Waals surface area contributed by atoms with Crippen LogP contribution in [0.2, 0.25) is 0 Å². The van der Waals surface area contributed by atoms with E-state index in [-0.39, 0.29) is 11.9 Å². The Morgan fingerprint density at radius 1 is 0.814 bits per heavy atom.